The molecule has 8 heteroatoms. The van der Waals surface area contributed by atoms with Crippen molar-refractivity contribution in [2.75, 3.05) is 5.75 Å². The number of nitro groups is 1. The first-order valence-electron chi connectivity index (χ1n) is 10.7. The van der Waals surface area contributed by atoms with Crippen LogP contribution in [0.1, 0.15) is 43.9 Å². The van der Waals surface area contributed by atoms with Crippen LogP contribution < -0.4 is 5.32 Å². The number of rotatable bonds is 11. The van der Waals surface area contributed by atoms with Crippen molar-refractivity contribution in [3.63, 3.8) is 0 Å². The lowest BCUT2D eigenvalue weighted by Gasteiger charge is -2.29. The number of thioether (sulfide) groups is 1. The quantitative estimate of drug-likeness (QED) is 0.397. The molecule has 0 bridgehead atoms. The van der Waals surface area contributed by atoms with Crippen molar-refractivity contribution in [3.8, 4) is 0 Å². The normalized spacial score (nSPS) is 12.6. The number of benzene rings is 2. The zero-order valence-corrected chi connectivity index (χ0v) is 19.9. The van der Waals surface area contributed by atoms with E-state index in [4.69, 9.17) is 0 Å². The molecule has 1 N–H and O–H groups in total. The van der Waals surface area contributed by atoms with E-state index in [1.807, 2.05) is 45.0 Å². The standard InChI is InChI=1S/C24H31N3O4S/c1-5-18(3)25-24(29)19(4)26(14-20-8-6-17(2)7-9-20)23(28)16-32-15-21-10-12-22(13-11-21)27(30)31/h6-13,18-19H,5,14-16H2,1-4H3,(H,25,29)/t18-,19-/m0/s1. The van der Waals surface area contributed by atoms with E-state index in [-0.39, 0.29) is 29.3 Å². The Bertz CT molecular complexity index is 916. The third kappa shape index (κ3) is 7.67. The lowest BCUT2D eigenvalue weighted by molar-refractivity contribution is -0.384. The van der Waals surface area contributed by atoms with E-state index in [2.05, 4.69) is 5.32 Å². The number of carbonyl (C=O) groups excluding carboxylic acids is 2. The molecule has 2 rings (SSSR count). The summed E-state index contributed by atoms with van der Waals surface area (Å²) in [7, 11) is 0. The van der Waals surface area contributed by atoms with Crippen LogP contribution >= 0.6 is 11.8 Å². The van der Waals surface area contributed by atoms with Crippen molar-refractivity contribution in [2.45, 2.75) is 58.5 Å². The Kier molecular flexibility index (Phi) is 9.71. The summed E-state index contributed by atoms with van der Waals surface area (Å²) in [6, 6.07) is 13.7. The van der Waals surface area contributed by atoms with Gasteiger partial charge < -0.3 is 10.2 Å². The lowest BCUT2D eigenvalue weighted by Crippen LogP contribution is -2.50. The highest BCUT2D eigenvalue weighted by Gasteiger charge is 2.26. The first kappa shape index (κ1) is 25.4. The summed E-state index contributed by atoms with van der Waals surface area (Å²) in [5.74, 6) is 0.476. The summed E-state index contributed by atoms with van der Waals surface area (Å²) in [5, 5.41) is 13.7. The van der Waals surface area contributed by atoms with E-state index >= 15 is 0 Å². The fraction of sp³-hybridized carbons (Fsp3) is 0.417. The van der Waals surface area contributed by atoms with Crippen LogP contribution in [0.25, 0.3) is 0 Å². The van der Waals surface area contributed by atoms with Crippen LogP contribution in [-0.4, -0.2) is 39.5 Å². The number of carbonyl (C=O) groups is 2. The average Bonchev–Trinajstić information content (AvgIpc) is 2.78. The third-order valence-corrected chi connectivity index (χ3v) is 6.27. The molecule has 2 amide bonds. The minimum absolute atomic E-state index is 0.0396. The number of nitrogens with zero attached hydrogens (tertiary/aromatic N) is 2. The summed E-state index contributed by atoms with van der Waals surface area (Å²) < 4.78 is 0. The van der Waals surface area contributed by atoms with Gasteiger partial charge in [0, 0.05) is 30.5 Å². The molecule has 0 heterocycles. The van der Waals surface area contributed by atoms with Gasteiger partial charge in [-0.15, -0.1) is 11.8 Å². The first-order chi connectivity index (χ1) is 15.2. The van der Waals surface area contributed by atoms with Gasteiger partial charge >= 0.3 is 0 Å². The van der Waals surface area contributed by atoms with Crippen molar-refractivity contribution in [1.82, 2.24) is 10.2 Å². The molecule has 0 unspecified atom stereocenters. The number of nitrogens with one attached hydrogen (secondary N) is 1. The molecule has 2 aromatic carbocycles. The van der Waals surface area contributed by atoms with Gasteiger partial charge in [0.15, 0.2) is 0 Å². The Labute approximate surface area is 193 Å². The molecule has 0 aromatic heterocycles. The number of hydrogen-bond acceptors (Lipinski definition) is 5. The fourth-order valence-electron chi connectivity index (χ4n) is 2.99. The van der Waals surface area contributed by atoms with Crippen LogP contribution in [0.4, 0.5) is 5.69 Å². The second kappa shape index (κ2) is 12.2. The van der Waals surface area contributed by atoms with Gasteiger partial charge in [-0.3, -0.25) is 19.7 Å². The zero-order chi connectivity index (χ0) is 23.7. The second-order valence-corrected chi connectivity index (χ2v) is 8.90. The average molecular weight is 458 g/mol. The van der Waals surface area contributed by atoms with E-state index in [1.165, 1.54) is 23.9 Å². The molecule has 0 spiro atoms. The molecule has 172 valence electrons. The maximum Gasteiger partial charge on any atom is 0.269 e. The molecule has 2 aromatic rings. The summed E-state index contributed by atoms with van der Waals surface area (Å²) in [6.45, 7) is 8.05. The number of non-ortho nitro benzene ring substituents is 1. The highest BCUT2D eigenvalue weighted by Crippen LogP contribution is 2.19. The predicted molar refractivity (Wildman–Crippen MR) is 128 cm³/mol. The molecular weight excluding hydrogens is 426 g/mol. The molecule has 0 saturated heterocycles. The highest BCUT2D eigenvalue weighted by molar-refractivity contribution is 7.99. The maximum atomic E-state index is 13.1. The number of amides is 2. The molecule has 0 aliphatic rings. The Morgan fingerprint density at radius 1 is 1.06 bits per heavy atom. The first-order valence-corrected chi connectivity index (χ1v) is 11.8. The van der Waals surface area contributed by atoms with Crippen molar-refractivity contribution in [1.29, 1.82) is 0 Å². The Balaban J connectivity index is 2.05. The van der Waals surface area contributed by atoms with Crippen LogP contribution in [0, 0.1) is 17.0 Å². The summed E-state index contributed by atoms with van der Waals surface area (Å²) in [4.78, 5) is 37.8. The van der Waals surface area contributed by atoms with E-state index in [0.717, 1.165) is 23.1 Å². The highest BCUT2D eigenvalue weighted by atomic mass is 32.2. The minimum atomic E-state index is -0.599. The maximum absolute atomic E-state index is 13.1. The molecule has 32 heavy (non-hydrogen) atoms. The molecule has 0 saturated carbocycles. The number of nitro benzene ring substituents is 1. The van der Waals surface area contributed by atoms with E-state index in [9.17, 15) is 19.7 Å². The SMILES string of the molecule is CC[C@H](C)NC(=O)[C@H](C)N(Cc1ccc(C)cc1)C(=O)CSCc1ccc([N+](=O)[O-])cc1. The van der Waals surface area contributed by atoms with E-state index in [0.29, 0.717) is 12.3 Å². The number of aryl methyl sites for hydroxylation is 1. The molecule has 7 nitrogen and oxygen atoms in total. The monoisotopic (exact) mass is 457 g/mol. The summed E-state index contributed by atoms with van der Waals surface area (Å²) in [5.41, 5.74) is 3.04. The molecular formula is C24H31N3O4S. The molecule has 0 aliphatic heterocycles. The minimum Gasteiger partial charge on any atom is -0.352 e. The van der Waals surface area contributed by atoms with Gasteiger partial charge in [0.05, 0.1) is 10.7 Å². The van der Waals surface area contributed by atoms with Gasteiger partial charge in [0.1, 0.15) is 6.04 Å². The van der Waals surface area contributed by atoms with Crippen molar-refractivity contribution in [3.05, 3.63) is 75.3 Å². The summed E-state index contributed by atoms with van der Waals surface area (Å²) >= 11 is 1.42. The van der Waals surface area contributed by atoms with Crippen LogP contribution in [0.5, 0.6) is 0 Å². The second-order valence-electron chi connectivity index (χ2n) is 7.92. The smallest absolute Gasteiger partial charge is 0.269 e. The Morgan fingerprint density at radius 2 is 1.66 bits per heavy atom. The third-order valence-electron chi connectivity index (χ3n) is 5.28. The van der Waals surface area contributed by atoms with Crippen molar-refractivity contribution >= 4 is 29.3 Å². The van der Waals surface area contributed by atoms with Gasteiger partial charge in [0.2, 0.25) is 11.8 Å². The van der Waals surface area contributed by atoms with Crippen LogP contribution in [-0.2, 0) is 21.9 Å². The van der Waals surface area contributed by atoms with Gasteiger partial charge in [-0.2, -0.15) is 0 Å². The van der Waals surface area contributed by atoms with E-state index in [1.54, 1.807) is 24.0 Å². The molecule has 0 aliphatic carbocycles. The molecule has 2 atom stereocenters. The topological polar surface area (TPSA) is 92.6 Å². The zero-order valence-electron chi connectivity index (χ0n) is 19.0. The molecule has 0 radical (unpaired) electrons. The van der Waals surface area contributed by atoms with E-state index < -0.39 is 11.0 Å². The Morgan fingerprint density at radius 3 is 2.22 bits per heavy atom. The van der Waals surface area contributed by atoms with Crippen molar-refractivity contribution in [2.24, 2.45) is 0 Å². The van der Waals surface area contributed by atoms with Gasteiger partial charge in [0.25, 0.3) is 5.69 Å². The lowest BCUT2D eigenvalue weighted by atomic mass is 10.1. The Hall–Kier alpha value is -2.87. The van der Waals surface area contributed by atoms with Gasteiger partial charge in [-0.1, -0.05) is 48.9 Å². The van der Waals surface area contributed by atoms with Gasteiger partial charge in [-0.05, 0) is 38.3 Å². The van der Waals surface area contributed by atoms with Crippen LogP contribution in [0.15, 0.2) is 48.5 Å². The van der Waals surface area contributed by atoms with Crippen LogP contribution in [0.2, 0.25) is 0 Å². The molecule has 0 fully saturated rings. The van der Waals surface area contributed by atoms with Crippen LogP contribution in [0.3, 0.4) is 0 Å². The predicted octanol–water partition coefficient (Wildman–Crippen LogP) is 4.47. The summed E-state index contributed by atoms with van der Waals surface area (Å²) in [6.07, 6.45) is 0.815. The number of hydrogen-bond donors (Lipinski definition) is 1. The fourth-order valence-corrected chi connectivity index (χ4v) is 3.86. The van der Waals surface area contributed by atoms with Gasteiger partial charge in [-0.25, -0.2) is 0 Å². The van der Waals surface area contributed by atoms with Crippen molar-refractivity contribution < 1.29 is 14.5 Å². The largest absolute Gasteiger partial charge is 0.352 e.